The van der Waals surface area contributed by atoms with Crippen LogP contribution in [0.25, 0.3) is 0 Å². The summed E-state index contributed by atoms with van der Waals surface area (Å²) in [7, 11) is -2.20. The molecule has 2 aromatic rings. The number of aryl methyl sites for hydroxylation is 1. The van der Waals surface area contributed by atoms with E-state index >= 15 is 0 Å². The van der Waals surface area contributed by atoms with Gasteiger partial charge in [0.15, 0.2) is 0 Å². The number of rotatable bonds is 5. The monoisotopic (exact) mass is 305 g/mol. The molecule has 0 saturated heterocycles. The molecule has 0 atom stereocenters. The van der Waals surface area contributed by atoms with Gasteiger partial charge in [-0.15, -0.1) is 0 Å². The first kappa shape index (κ1) is 15.3. The van der Waals surface area contributed by atoms with Crippen molar-refractivity contribution in [1.29, 1.82) is 0 Å². The zero-order chi connectivity index (χ0) is 15.5. The first-order valence-electron chi connectivity index (χ1n) is 6.65. The van der Waals surface area contributed by atoms with Crippen molar-refractivity contribution in [3.05, 3.63) is 48.0 Å². The molecule has 6 heteroatoms. The number of hydrogen-bond donors (Lipinski definition) is 3. The quantitative estimate of drug-likeness (QED) is 0.741. The Kier molecular flexibility index (Phi) is 4.50. The van der Waals surface area contributed by atoms with Gasteiger partial charge in [-0.25, -0.2) is 13.1 Å². The Labute approximate surface area is 125 Å². The Hall–Kier alpha value is -2.05. The third kappa shape index (κ3) is 3.53. The summed E-state index contributed by atoms with van der Waals surface area (Å²) in [6.45, 7) is 2.07. The van der Waals surface area contributed by atoms with Crippen LogP contribution in [0, 0.1) is 0 Å². The van der Waals surface area contributed by atoms with Crippen LogP contribution < -0.4 is 15.8 Å². The van der Waals surface area contributed by atoms with Crippen molar-refractivity contribution in [3.8, 4) is 0 Å². The van der Waals surface area contributed by atoms with Gasteiger partial charge in [-0.05, 0) is 49.4 Å². The maximum Gasteiger partial charge on any atom is 0.242 e. The highest BCUT2D eigenvalue weighted by atomic mass is 32.2. The number of nitrogen functional groups attached to an aromatic ring is 1. The van der Waals surface area contributed by atoms with E-state index in [9.17, 15) is 8.42 Å². The largest absolute Gasteiger partial charge is 0.399 e. The average molecular weight is 305 g/mol. The van der Waals surface area contributed by atoms with Crippen LogP contribution in [0.2, 0.25) is 0 Å². The first-order valence-corrected chi connectivity index (χ1v) is 8.13. The van der Waals surface area contributed by atoms with Crippen LogP contribution >= 0.6 is 0 Å². The van der Waals surface area contributed by atoms with Crippen LogP contribution in [0.3, 0.4) is 0 Å². The van der Waals surface area contributed by atoms with E-state index in [4.69, 9.17) is 5.73 Å². The normalized spacial score (nSPS) is 11.3. The molecule has 5 nitrogen and oxygen atoms in total. The minimum absolute atomic E-state index is 0.131. The van der Waals surface area contributed by atoms with E-state index in [0.717, 1.165) is 12.1 Å². The fourth-order valence-electron chi connectivity index (χ4n) is 2.00. The molecule has 0 radical (unpaired) electrons. The van der Waals surface area contributed by atoms with Gasteiger partial charge in [-0.2, -0.15) is 0 Å². The van der Waals surface area contributed by atoms with Crippen molar-refractivity contribution < 1.29 is 8.42 Å². The second-order valence-corrected chi connectivity index (χ2v) is 6.50. The highest BCUT2D eigenvalue weighted by Crippen LogP contribution is 2.27. The predicted molar refractivity (Wildman–Crippen MR) is 86.2 cm³/mol. The van der Waals surface area contributed by atoms with Crippen molar-refractivity contribution in [3.63, 3.8) is 0 Å². The summed E-state index contributed by atoms with van der Waals surface area (Å²) in [5.41, 5.74) is 8.60. The molecule has 4 N–H and O–H groups in total. The molecule has 0 heterocycles. The maximum absolute atomic E-state index is 12.1. The van der Waals surface area contributed by atoms with E-state index in [2.05, 4.69) is 17.0 Å². The Balaban J connectivity index is 2.44. The number of nitrogens with two attached hydrogens (primary N) is 1. The molecule has 0 spiro atoms. The lowest BCUT2D eigenvalue weighted by Crippen LogP contribution is -2.20. The minimum atomic E-state index is -3.58. The fraction of sp³-hybridized carbons (Fsp3) is 0.200. The van der Waals surface area contributed by atoms with E-state index in [0.29, 0.717) is 11.4 Å². The number of nitrogens with one attached hydrogen (secondary N) is 2. The molecule has 112 valence electrons. The second kappa shape index (κ2) is 6.15. The lowest BCUT2D eigenvalue weighted by molar-refractivity contribution is 0.588. The number of sulfonamides is 1. The zero-order valence-electron chi connectivity index (χ0n) is 12.1. The second-order valence-electron chi connectivity index (χ2n) is 4.64. The molecular weight excluding hydrogens is 286 g/mol. The van der Waals surface area contributed by atoms with Crippen LogP contribution in [0.4, 0.5) is 17.1 Å². The molecule has 0 aliphatic carbocycles. The molecule has 0 saturated carbocycles. The molecule has 0 bridgehead atoms. The van der Waals surface area contributed by atoms with Crippen molar-refractivity contribution in [2.75, 3.05) is 18.1 Å². The molecule has 0 aliphatic heterocycles. The van der Waals surface area contributed by atoms with Crippen molar-refractivity contribution in [2.45, 2.75) is 18.2 Å². The van der Waals surface area contributed by atoms with Gasteiger partial charge in [0.1, 0.15) is 4.90 Å². The van der Waals surface area contributed by atoms with E-state index in [-0.39, 0.29) is 4.90 Å². The van der Waals surface area contributed by atoms with Gasteiger partial charge in [0.05, 0.1) is 5.69 Å². The van der Waals surface area contributed by atoms with Gasteiger partial charge < -0.3 is 11.1 Å². The zero-order valence-corrected chi connectivity index (χ0v) is 12.9. The molecule has 0 aromatic heterocycles. The predicted octanol–water partition coefficient (Wildman–Crippen LogP) is 2.48. The molecule has 0 aliphatic rings. The molecule has 21 heavy (non-hydrogen) atoms. The summed E-state index contributed by atoms with van der Waals surface area (Å²) in [4.78, 5) is 0.131. The van der Waals surface area contributed by atoms with Gasteiger partial charge in [0.2, 0.25) is 10.0 Å². The van der Waals surface area contributed by atoms with Crippen LogP contribution in [-0.2, 0) is 16.4 Å². The molecule has 0 unspecified atom stereocenters. The Morgan fingerprint density at radius 2 is 1.90 bits per heavy atom. The third-order valence-electron chi connectivity index (χ3n) is 3.18. The van der Waals surface area contributed by atoms with Crippen LogP contribution in [0.15, 0.2) is 47.4 Å². The highest BCUT2D eigenvalue weighted by molar-refractivity contribution is 7.89. The van der Waals surface area contributed by atoms with Crippen molar-refractivity contribution in [1.82, 2.24) is 4.72 Å². The Bertz CT molecular complexity index is 742. The molecule has 2 rings (SSSR count). The summed E-state index contributed by atoms with van der Waals surface area (Å²) < 4.78 is 26.5. The summed E-state index contributed by atoms with van der Waals surface area (Å²) in [6.07, 6.45) is 0.916. The SMILES string of the molecule is CCc1cccc(Nc2ccc(N)cc2S(=O)(=O)NC)c1. The lowest BCUT2D eigenvalue weighted by Gasteiger charge is -2.13. The number of benzene rings is 2. The van der Waals surface area contributed by atoms with E-state index < -0.39 is 10.0 Å². The summed E-state index contributed by atoms with van der Waals surface area (Å²) >= 11 is 0. The van der Waals surface area contributed by atoms with Crippen LogP contribution in [0.5, 0.6) is 0 Å². The molecule has 0 fully saturated rings. The van der Waals surface area contributed by atoms with Gasteiger partial charge in [0, 0.05) is 11.4 Å². The average Bonchev–Trinajstić information content (AvgIpc) is 2.49. The minimum Gasteiger partial charge on any atom is -0.399 e. The lowest BCUT2D eigenvalue weighted by atomic mass is 10.1. The van der Waals surface area contributed by atoms with Gasteiger partial charge in [-0.3, -0.25) is 0 Å². The summed E-state index contributed by atoms with van der Waals surface area (Å²) in [6, 6.07) is 12.6. The first-order chi connectivity index (χ1) is 9.96. The molecule has 0 amide bonds. The standard InChI is InChI=1S/C15H19N3O2S/c1-3-11-5-4-6-13(9-11)18-14-8-7-12(16)10-15(14)21(19,20)17-2/h4-10,17-18H,3,16H2,1-2H3. The fourth-order valence-corrected chi connectivity index (χ4v) is 2.92. The summed E-state index contributed by atoms with van der Waals surface area (Å²) in [5.74, 6) is 0. The molecule has 2 aromatic carbocycles. The Morgan fingerprint density at radius 1 is 1.14 bits per heavy atom. The topological polar surface area (TPSA) is 84.2 Å². The van der Waals surface area contributed by atoms with E-state index in [1.54, 1.807) is 12.1 Å². The van der Waals surface area contributed by atoms with Gasteiger partial charge in [0.25, 0.3) is 0 Å². The van der Waals surface area contributed by atoms with Crippen molar-refractivity contribution in [2.24, 2.45) is 0 Å². The van der Waals surface area contributed by atoms with Crippen LogP contribution in [-0.4, -0.2) is 15.5 Å². The number of anilines is 3. The van der Waals surface area contributed by atoms with E-state index in [1.165, 1.54) is 18.7 Å². The van der Waals surface area contributed by atoms with Gasteiger partial charge in [-0.1, -0.05) is 19.1 Å². The highest BCUT2D eigenvalue weighted by Gasteiger charge is 2.17. The molecular formula is C15H19N3O2S. The third-order valence-corrected chi connectivity index (χ3v) is 4.63. The summed E-state index contributed by atoms with van der Waals surface area (Å²) in [5, 5.41) is 3.14. The smallest absolute Gasteiger partial charge is 0.242 e. The maximum atomic E-state index is 12.1. The van der Waals surface area contributed by atoms with Crippen molar-refractivity contribution >= 4 is 27.1 Å². The van der Waals surface area contributed by atoms with Crippen LogP contribution in [0.1, 0.15) is 12.5 Å². The van der Waals surface area contributed by atoms with E-state index in [1.807, 2.05) is 24.3 Å². The number of hydrogen-bond acceptors (Lipinski definition) is 4. The Morgan fingerprint density at radius 3 is 2.57 bits per heavy atom. The van der Waals surface area contributed by atoms with Gasteiger partial charge >= 0.3 is 0 Å².